The van der Waals surface area contributed by atoms with Crippen molar-refractivity contribution in [3.05, 3.63) is 18.2 Å². The van der Waals surface area contributed by atoms with Crippen molar-refractivity contribution in [2.24, 2.45) is 0 Å². The van der Waals surface area contributed by atoms with E-state index in [0.29, 0.717) is 5.69 Å². The van der Waals surface area contributed by atoms with Gasteiger partial charge < -0.3 is 15.7 Å². The number of aromatic hydroxyl groups is 1. The fraction of sp³-hybridized carbons (Fsp3) is 0.200. The molecule has 80 valence electrons. The van der Waals surface area contributed by atoms with Gasteiger partial charge in [-0.1, -0.05) is 5.69 Å². The van der Waals surface area contributed by atoms with E-state index < -0.39 is 0 Å². The quantitative estimate of drug-likeness (QED) is 0.565. The maximum Gasteiger partial charge on any atom is 3.00 e. The average Bonchev–Trinajstić information content (AvgIpc) is 2.08. The molecule has 0 spiro atoms. The Morgan fingerprint density at radius 3 is 2.25 bits per heavy atom. The average molecular weight is 296 g/mol. The second-order valence-electron chi connectivity index (χ2n) is 3.01. The van der Waals surface area contributed by atoms with E-state index in [1.807, 2.05) is 0 Å². The molecule has 3 N–H and O–H groups in total. The van der Waals surface area contributed by atoms with E-state index in [0.717, 1.165) is 0 Å². The minimum Gasteiger partial charge on any atom is -0.531 e. The second-order valence-corrected chi connectivity index (χ2v) is 3.01. The fourth-order valence-electron chi connectivity index (χ4n) is 1.03. The molecule has 0 aliphatic carbocycles. The smallest absolute Gasteiger partial charge is 0.531 e. The van der Waals surface area contributed by atoms with Gasteiger partial charge in [0.25, 0.3) is 0 Å². The van der Waals surface area contributed by atoms with Crippen LogP contribution in [0, 0.1) is 6.07 Å². The topological polar surface area (TPSA) is 78.4 Å². The minimum absolute atomic E-state index is 0. The molecule has 0 fully saturated rings. The molecule has 6 heteroatoms. The molecule has 0 saturated heterocycles. The van der Waals surface area contributed by atoms with Crippen LogP contribution < -0.4 is 10.6 Å². The van der Waals surface area contributed by atoms with Crippen molar-refractivity contribution in [1.82, 2.24) is 0 Å². The predicted octanol–water partition coefficient (Wildman–Crippen LogP) is 1.11. The molecule has 0 unspecified atom stereocenters. The number of anilines is 2. The van der Waals surface area contributed by atoms with Crippen molar-refractivity contribution in [2.75, 3.05) is 10.6 Å². The summed E-state index contributed by atoms with van der Waals surface area (Å²) >= 11 is 0. The van der Waals surface area contributed by atoms with Crippen LogP contribution in [0.4, 0.5) is 11.4 Å². The molecule has 1 aromatic carbocycles. The van der Waals surface area contributed by atoms with E-state index in [2.05, 4.69) is 16.7 Å². The van der Waals surface area contributed by atoms with Gasteiger partial charge in [-0.15, -0.1) is 12.1 Å². The third kappa shape index (κ3) is 4.72. The molecule has 16 heavy (non-hydrogen) atoms. The van der Waals surface area contributed by atoms with E-state index in [1.54, 1.807) is 0 Å². The first kappa shape index (κ1) is 15.1. The van der Waals surface area contributed by atoms with E-state index in [-0.39, 0.29) is 56.0 Å². The number of hydrogen-bond donors (Lipinski definition) is 3. The Kier molecular flexibility index (Phi) is 6.22. The van der Waals surface area contributed by atoms with Gasteiger partial charge in [0.1, 0.15) is 0 Å². The zero-order valence-electron chi connectivity index (χ0n) is 9.00. The molecule has 1 aromatic rings. The molecule has 5 nitrogen and oxygen atoms in total. The molecule has 0 saturated carbocycles. The number of phenols is 1. The summed E-state index contributed by atoms with van der Waals surface area (Å²) in [4.78, 5) is 21.4. The molecule has 0 aliphatic rings. The number of nitrogens with one attached hydrogen (secondary N) is 2. The number of benzene rings is 1. The largest absolute Gasteiger partial charge is 3.00 e. The van der Waals surface area contributed by atoms with Crippen LogP contribution in [0.5, 0.6) is 5.75 Å². The first-order valence-electron chi connectivity index (χ1n) is 4.29. The van der Waals surface area contributed by atoms with Crippen LogP contribution in [0.25, 0.3) is 0 Å². The molecule has 0 aromatic heterocycles. The van der Waals surface area contributed by atoms with Crippen LogP contribution in [0.1, 0.15) is 13.8 Å². The Hall–Kier alpha value is -0.936. The van der Waals surface area contributed by atoms with Crippen molar-refractivity contribution >= 4 is 23.2 Å². The van der Waals surface area contributed by atoms with Crippen molar-refractivity contribution in [3.63, 3.8) is 0 Å². The minimum atomic E-state index is -0.286. The zero-order chi connectivity index (χ0) is 11.4. The van der Waals surface area contributed by atoms with Crippen LogP contribution in [0.15, 0.2) is 12.1 Å². The maximum atomic E-state index is 10.7. The van der Waals surface area contributed by atoms with Gasteiger partial charge in [-0.05, 0) is 5.69 Å². The second kappa shape index (κ2) is 6.60. The summed E-state index contributed by atoms with van der Waals surface area (Å²) in [5.41, 5.74) is 0.616. The Labute approximate surface area is 118 Å². The van der Waals surface area contributed by atoms with Gasteiger partial charge in [-0.25, -0.2) is 0 Å². The first-order chi connectivity index (χ1) is 6.99. The van der Waals surface area contributed by atoms with Crippen LogP contribution >= 0.6 is 0 Å². The van der Waals surface area contributed by atoms with Gasteiger partial charge in [-0.3, -0.25) is 9.59 Å². The van der Waals surface area contributed by atoms with E-state index in [4.69, 9.17) is 0 Å². The van der Waals surface area contributed by atoms with Crippen LogP contribution in [-0.2, 0) is 42.3 Å². The van der Waals surface area contributed by atoms with E-state index in [9.17, 15) is 14.7 Å². The van der Waals surface area contributed by atoms with Gasteiger partial charge in [0.05, 0.1) is 0 Å². The predicted molar refractivity (Wildman–Crippen MR) is 55.6 cm³/mol. The number of hydrogen-bond acceptors (Lipinski definition) is 3. The van der Waals surface area contributed by atoms with Crippen LogP contribution in [-0.4, -0.2) is 16.9 Å². The van der Waals surface area contributed by atoms with Gasteiger partial charge in [0, 0.05) is 19.6 Å². The molecule has 0 bridgehead atoms. The number of rotatable bonds is 2. The van der Waals surface area contributed by atoms with Gasteiger partial charge >= 0.3 is 32.7 Å². The SMILES string of the molecule is CC(=O)Nc1[c-]cc(NC(C)=O)c(O)c1.[Y+3]. The van der Waals surface area contributed by atoms with Crippen molar-refractivity contribution in [1.29, 1.82) is 0 Å². The standard InChI is InChI=1S/C10H11N2O3.Y/c1-6(13)11-8-3-4-9(10(15)5-8)12-7(2)14;/h4-5,15H,1-2H3,(H,11,13)(H,12,14);/q-1;+3. The fourth-order valence-corrected chi connectivity index (χ4v) is 1.03. The van der Waals surface area contributed by atoms with E-state index in [1.165, 1.54) is 26.0 Å². The van der Waals surface area contributed by atoms with E-state index >= 15 is 0 Å². The molecular weight excluding hydrogens is 285 g/mol. The molecule has 0 radical (unpaired) electrons. The third-order valence-electron chi connectivity index (χ3n) is 1.55. The monoisotopic (exact) mass is 296 g/mol. The number of carbonyl (C=O) groups excluding carboxylic acids is 2. The molecule has 2 amide bonds. The summed E-state index contributed by atoms with van der Waals surface area (Å²) in [5, 5.41) is 14.3. The van der Waals surface area contributed by atoms with Crippen molar-refractivity contribution in [3.8, 4) is 5.75 Å². The summed E-state index contributed by atoms with van der Waals surface area (Å²) in [6, 6.07) is 5.41. The molecule has 1 rings (SSSR count). The van der Waals surface area contributed by atoms with Gasteiger partial charge in [0.2, 0.25) is 11.8 Å². The van der Waals surface area contributed by atoms with Crippen molar-refractivity contribution < 1.29 is 47.4 Å². The number of carbonyl (C=O) groups is 2. The summed E-state index contributed by atoms with van der Waals surface area (Å²) < 4.78 is 0. The number of amides is 2. The number of phenolic OH excluding ortho intramolecular Hbond substituents is 1. The molecule has 0 aliphatic heterocycles. The van der Waals surface area contributed by atoms with Crippen LogP contribution in [0.2, 0.25) is 0 Å². The Balaban J connectivity index is 0.00000225. The molecule has 0 heterocycles. The maximum absolute atomic E-state index is 10.7. The van der Waals surface area contributed by atoms with Crippen molar-refractivity contribution in [2.45, 2.75) is 13.8 Å². The van der Waals surface area contributed by atoms with Gasteiger partial charge in [0.15, 0.2) is 0 Å². The zero-order valence-corrected chi connectivity index (χ0v) is 11.8. The molecular formula is C10H11N2O3Y+2. The third-order valence-corrected chi connectivity index (χ3v) is 1.55. The Morgan fingerprint density at radius 2 is 1.81 bits per heavy atom. The van der Waals surface area contributed by atoms with Crippen LogP contribution in [0.3, 0.4) is 0 Å². The summed E-state index contributed by atoms with van der Waals surface area (Å²) in [6.07, 6.45) is 0. The summed E-state index contributed by atoms with van der Waals surface area (Å²) in [5.74, 6) is -0.656. The first-order valence-corrected chi connectivity index (χ1v) is 4.29. The Morgan fingerprint density at radius 1 is 1.25 bits per heavy atom. The molecule has 0 atom stereocenters. The summed E-state index contributed by atoms with van der Waals surface area (Å²) in [7, 11) is 0. The summed E-state index contributed by atoms with van der Waals surface area (Å²) in [6.45, 7) is 2.69. The van der Waals surface area contributed by atoms with Gasteiger partial charge in [-0.2, -0.15) is 6.07 Å². The normalized spacial score (nSPS) is 8.88. The Bertz CT molecular complexity index is 407.